The van der Waals surface area contributed by atoms with Gasteiger partial charge in [0, 0.05) is 6.54 Å². The molecule has 1 unspecified atom stereocenters. The summed E-state index contributed by atoms with van der Waals surface area (Å²) in [5, 5.41) is 9.39. The molecule has 1 aromatic rings. The zero-order chi connectivity index (χ0) is 11.5. The molecule has 0 spiro atoms. The van der Waals surface area contributed by atoms with Crippen LogP contribution in [0, 0.1) is 0 Å². The quantitative estimate of drug-likeness (QED) is 0.590. The summed E-state index contributed by atoms with van der Waals surface area (Å²) in [7, 11) is 0. The van der Waals surface area contributed by atoms with Crippen LogP contribution in [0.1, 0.15) is 17.2 Å². The lowest BCUT2D eigenvalue weighted by Crippen LogP contribution is -2.27. The maximum absolute atomic E-state index is 12.2. The molecule has 0 radical (unpaired) electrons. The highest BCUT2D eigenvalue weighted by Crippen LogP contribution is 2.29. The Labute approximate surface area is 109 Å². The van der Waals surface area contributed by atoms with Crippen molar-refractivity contribution in [3.8, 4) is 0 Å². The number of aliphatic hydroxyl groups is 1. The number of hydrogen-bond acceptors (Lipinski definition) is 3. The first-order valence-corrected chi connectivity index (χ1v) is 4.24. The lowest BCUT2D eigenvalue weighted by Gasteiger charge is -2.11. The van der Waals surface area contributed by atoms with Gasteiger partial charge in [0.15, 0.2) is 0 Å². The molecule has 0 saturated carbocycles. The molecule has 0 heterocycles. The van der Waals surface area contributed by atoms with E-state index >= 15 is 0 Å². The number of nitrogens with two attached hydrogens (primary N) is 1. The van der Waals surface area contributed by atoms with E-state index in [0.717, 1.165) is 12.1 Å². The van der Waals surface area contributed by atoms with Crippen molar-refractivity contribution < 1.29 is 18.3 Å². The van der Waals surface area contributed by atoms with Gasteiger partial charge in [-0.25, -0.2) is 0 Å². The molecule has 8 heteroatoms. The lowest BCUT2D eigenvalue weighted by molar-refractivity contribution is -0.137. The van der Waals surface area contributed by atoms with Gasteiger partial charge < -0.3 is 5.11 Å². The molecule has 1 aromatic carbocycles. The van der Waals surface area contributed by atoms with Crippen molar-refractivity contribution in [3.63, 3.8) is 0 Å². The summed E-state index contributed by atoms with van der Waals surface area (Å²) < 4.78 is 36.5. The van der Waals surface area contributed by atoms with Crippen molar-refractivity contribution in [3.05, 3.63) is 35.4 Å². The zero-order valence-corrected chi connectivity index (χ0v) is 10.2. The summed E-state index contributed by atoms with van der Waals surface area (Å²) in [5.74, 6) is 4.98. The molecule has 0 aromatic heterocycles. The van der Waals surface area contributed by atoms with E-state index in [9.17, 15) is 18.3 Å². The number of hydrogen-bond donors (Lipinski definition) is 3. The van der Waals surface area contributed by atoms with Crippen molar-refractivity contribution in [2.24, 2.45) is 5.84 Å². The van der Waals surface area contributed by atoms with E-state index in [1.165, 1.54) is 12.1 Å². The topological polar surface area (TPSA) is 58.3 Å². The number of nitrogens with one attached hydrogen (secondary N) is 1. The van der Waals surface area contributed by atoms with Gasteiger partial charge in [-0.1, -0.05) is 12.1 Å². The second-order valence-electron chi connectivity index (χ2n) is 3.04. The van der Waals surface area contributed by atoms with Gasteiger partial charge in [-0.15, -0.1) is 24.8 Å². The third kappa shape index (κ3) is 5.56. The Morgan fingerprint density at radius 3 is 2.00 bits per heavy atom. The molecule has 0 saturated heterocycles. The number of hydrazine groups is 1. The zero-order valence-electron chi connectivity index (χ0n) is 8.57. The average molecular weight is 293 g/mol. The second-order valence-corrected chi connectivity index (χ2v) is 3.04. The number of rotatable bonds is 3. The largest absolute Gasteiger partial charge is 0.416 e. The molecule has 3 nitrogen and oxygen atoms in total. The van der Waals surface area contributed by atoms with Crippen LogP contribution in [0.15, 0.2) is 24.3 Å². The molecule has 0 aliphatic heterocycles. The van der Waals surface area contributed by atoms with E-state index < -0.39 is 17.8 Å². The standard InChI is InChI=1S/C9H11F3N2O.2ClH/c10-9(11,12)7-3-1-6(2-4-7)8(15)5-14-13;;/h1-4,8,14-15H,5,13H2;2*1H. The third-order valence-corrected chi connectivity index (χ3v) is 1.93. The monoisotopic (exact) mass is 292 g/mol. The minimum Gasteiger partial charge on any atom is -0.387 e. The first kappa shape index (κ1) is 18.8. The van der Waals surface area contributed by atoms with Crippen molar-refractivity contribution in [1.82, 2.24) is 5.43 Å². The highest BCUT2D eigenvalue weighted by atomic mass is 35.5. The van der Waals surface area contributed by atoms with Gasteiger partial charge in [0.2, 0.25) is 0 Å². The van der Waals surface area contributed by atoms with E-state index in [4.69, 9.17) is 5.84 Å². The number of halogens is 5. The maximum atomic E-state index is 12.2. The van der Waals surface area contributed by atoms with Crippen LogP contribution in [0.3, 0.4) is 0 Å². The van der Waals surface area contributed by atoms with Gasteiger partial charge in [-0.2, -0.15) is 13.2 Å². The van der Waals surface area contributed by atoms with Crippen LogP contribution in [0.4, 0.5) is 13.2 Å². The first-order valence-electron chi connectivity index (χ1n) is 4.24. The SMILES string of the molecule is Cl.Cl.NNCC(O)c1ccc(C(F)(F)F)cc1. The van der Waals surface area contributed by atoms with Crippen LogP contribution in [0.25, 0.3) is 0 Å². The summed E-state index contributed by atoms with van der Waals surface area (Å²) in [4.78, 5) is 0. The average Bonchev–Trinajstić information content (AvgIpc) is 2.17. The third-order valence-electron chi connectivity index (χ3n) is 1.93. The molecule has 17 heavy (non-hydrogen) atoms. The Balaban J connectivity index is 0. The molecule has 0 amide bonds. The number of benzene rings is 1. The van der Waals surface area contributed by atoms with Crippen molar-refractivity contribution in [2.45, 2.75) is 12.3 Å². The van der Waals surface area contributed by atoms with Crippen LogP contribution in [0.5, 0.6) is 0 Å². The summed E-state index contributed by atoms with van der Waals surface area (Å²) >= 11 is 0. The van der Waals surface area contributed by atoms with Crippen LogP contribution >= 0.6 is 24.8 Å². The van der Waals surface area contributed by atoms with Crippen molar-refractivity contribution >= 4 is 24.8 Å². The van der Waals surface area contributed by atoms with Gasteiger partial charge in [0.1, 0.15) is 0 Å². The van der Waals surface area contributed by atoms with Gasteiger partial charge in [-0.05, 0) is 17.7 Å². The molecule has 0 fully saturated rings. The van der Waals surface area contributed by atoms with E-state index in [1.807, 2.05) is 0 Å². The normalized spacial score (nSPS) is 12.3. The molecule has 0 bridgehead atoms. The van der Waals surface area contributed by atoms with Gasteiger partial charge in [-0.3, -0.25) is 11.3 Å². The summed E-state index contributed by atoms with van der Waals surface area (Å²) in [5.41, 5.74) is 1.89. The fourth-order valence-corrected chi connectivity index (χ4v) is 1.12. The number of alkyl halides is 3. The molecule has 1 rings (SSSR count). The van der Waals surface area contributed by atoms with Gasteiger partial charge in [0.05, 0.1) is 11.7 Å². The molecule has 1 atom stereocenters. The molecular formula is C9H13Cl2F3N2O. The minimum absolute atomic E-state index is 0. The second kappa shape index (κ2) is 7.73. The maximum Gasteiger partial charge on any atom is 0.416 e. The van der Waals surface area contributed by atoms with Gasteiger partial charge in [0.25, 0.3) is 0 Å². The highest BCUT2D eigenvalue weighted by Gasteiger charge is 2.30. The Hall–Kier alpha value is -0.530. The van der Waals surface area contributed by atoms with Crippen LogP contribution in [-0.2, 0) is 6.18 Å². The fraction of sp³-hybridized carbons (Fsp3) is 0.333. The van der Waals surface area contributed by atoms with Crippen LogP contribution in [-0.4, -0.2) is 11.7 Å². The lowest BCUT2D eigenvalue weighted by atomic mass is 10.1. The molecule has 0 aliphatic rings. The predicted molar refractivity (Wildman–Crippen MR) is 63.1 cm³/mol. The minimum atomic E-state index is -4.35. The van der Waals surface area contributed by atoms with Crippen molar-refractivity contribution in [1.29, 1.82) is 0 Å². The molecule has 100 valence electrons. The Kier molecular flexibility index (Phi) is 8.56. The Morgan fingerprint density at radius 1 is 1.18 bits per heavy atom. The number of aliphatic hydroxyl groups excluding tert-OH is 1. The van der Waals surface area contributed by atoms with E-state index in [2.05, 4.69) is 5.43 Å². The van der Waals surface area contributed by atoms with Crippen molar-refractivity contribution in [2.75, 3.05) is 6.54 Å². The molecule has 0 aliphatic carbocycles. The van der Waals surface area contributed by atoms with E-state index in [1.54, 1.807) is 0 Å². The highest BCUT2D eigenvalue weighted by molar-refractivity contribution is 5.85. The Bertz CT molecular complexity index is 319. The van der Waals surface area contributed by atoms with Gasteiger partial charge >= 0.3 is 6.18 Å². The summed E-state index contributed by atoms with van der Waals surface area (Å²) in [6.45, 7) is 0.0887. The summed E-state index contributed by atoms with van der Waals surface area (Å²) in [6, 6.07) is 4.31. The van der Waals surface area contributed by atoms with E-state index in [-0.39, 0.29) is 31.4 Å². The summed E-state index contributed by atoms with van der Waals surface area (Å²) in [6.07, 6.45) is -5.26. The van der Waals surface area contributed by atoms with E-state index in [0.29, 0.717) is 5.56 Å². The fourth-order valence-electron chi connectivity index (χ4n) is 1.12. The first-order chi connectivity index (χ1) is 6.95. The predicted octanol–water partition coefficient (Wildman–Crippen LogP) is 2.05. The van der Waals surface area contributed by atoms with Crippen LogP contribution < -0.4 is 11.3 Å². The smallest absolute Gasteiger partial charge is 0.387 e. The molecule has 4 N–H and O–H groups in total. The van der Waals surface area contributed by atoms with Crippen LogP contribution in [0.2, 0.25) is 0 Å². The Morgan fingerprint density at radius 2 is 1.65 bits per heavy atom. The molecular weight excluding hydrogens is 280 g/mol.